The molecule has 0 aliphatic carbocycles. The van der Waals surface area contributed by atoms with Gasteiger partial charge in [0.1, 0.15) is 9.57 Å². The van der Waals surface area contributed by atoms with Crippen LogP contribution >= 0.6 is 24.0 Å². The molecule has 0 spiro atoms. The summed E-state index contributed by atoms with van der Waals surface area (Å²) in [4.78, 5) is 33.6. The molecule has 0 bridgehead atoms. The van der Waals surface area contributed by atoms with Crippen LogP contribution < -0.4 is 5.32 Å². The van der Waals surface area contributed by atoms with E-state index in [1.54, 1.807) is 0 Å². The predicted molar refractivity (Wildman–Crippen MR) is 63.8 cm³/mol. The van der Waals surface area contributed by atoms with Gasteiger partial charge in [0.15, 0.2) is 0 Å². The maximum Gasteiger partial charge on any atom is 0.317 e. The van der Waals surface area contributed by atoms with Crippen molar-refractivity contribution in [2.75, 3.05) is 19.6 Å². The summed E-state index contributed by atoms with van der Waals surface area (Å²) in [5.74, 6) is -2.60. The lowest BCUT2D eigenvalue weighted by Crippen LogP contribution is -2.41. The summed E-state index contributed by atoms with van der Waals surface area (Å²) in [5, 5.41) is 19.1. The fraction of sp³-hybridized carbons (Fsp3) is 0.500. The van der Waals surface area contributed by atoms with Crippen LogP contribution in [0.3, 0.4) is 0 Å². The molecule has 1 saturated heterocycles. The summed E-state index contributed by atoms with van der Waals surface area (Å²) in [6.07, 6.45) is 0. The highest BCUT2D eigenvalue weighted by molar-refractivity contribution is 8.24. The third kappa shape index (κ3) is 4.67. The van der Waals surface area contributed by atoms with Gasteiger partial charge in [-0.3, -0.25) is 19.3 Å². The zero-order valence-electron chi connectivity index (χ0n) is 8.58. The molecule has 0 radical (unpaired) electrons. The van der Waals surface area contributed by atoms with Crippen molar-refractivity contribution in [1.29, 1.82) is 0 Å². The molecule has 1 fully saturated rings. The Kier molecular flexibility index (Phi) is 4.85. The molecular weight excluding hydrogens is 268 g/mol. The number of aliphatic carboxylic acids is 2. The number of hydrogen-bond acceptors (Lipinski definition) is 6. The van der Waals surface area contributed by atoms with Gasteiger partial charge in [-0.1, -0.05) is 24.0 Å². The number of nitrogens with one attached hydrogen (secondary N) is 1. The van der Waals surface area contributed by atoms with Crippen molar-refractivity contribution in [3.05, 3.63) is 0 Å². The van der Waals surface area contributed by atoms with E-state index in [1.807, 2.05) is 0 Å². The lowest BCUT2D eigenvalue weighted by atomic mass is 10.3. The standard InChI is InChI=1S/C8H10N2O5S2/c11-5(12)2-10(3-6(13)14)1-4-7(15)9-8(16)17-4/h4H,1-3H2,(H,11,12)(H,13,14)(H,9,15,16). The number of carboxylic acids is 2. The first-order valence-corrected chi connectivity index (χ1v) is 5.84. The molecule has 0 aromatic rings. The van der Waals surface area contributed by atoms with Gasteiger partial charge in [0.25, 0.3) is 0 Å². The normalized spacial score (nSPS) is 19.5. The highest BCUT2D eigenvalue weighted by Crippen LogP contribution is 2.20. The van der Waals surface area contributed by atoms with Crippen LogP contribution in [-0.4, -0.2) is 62.2 Å². The monoisotopic (exact) mass is 278 g/mol. The van der Waals surface area contributed by atoms with Crippen molar-refractivity contribution in [2.24, 2.45) is 0 Å². The van der Waals surface area contributed by atoms with Crippen LogP contribution in [0.15, 0.2) is 0 Å². The molecule has 1 rings (SSSR count). The second-order valence-corrected chi connectivity index (χ2v) is 5.22. The van der Waals surface area contributed by atoms with Crippen LogP contribution in [0.5, 0.6) is 0 Å². The molecular formula is C8H10N2O5S2. The van der Waals surface area contributed by atoms with E-state index in [4.69, 9.17) is 22.4 Å². The molecule has 1 amide bonds. The average Bonchev–Trinajstić information content (AvgIpc) is 2.42. The minimum atomic E-state index is -1.14. The molecule has 1 aliphatic heterocycles. The molecule has 1 unspecified atom stereocenters. The van der Waals surface area contributed by atoms with Crippen molar-refractivity contribution in [3.63, 3.8) is 0 Å². The second kappa shape index (κ2) is 5.94. The number of amides is 1. The van der Waals surface area contributed by atoms with Gasteiger partial charge in [0, 0.05) is 6.54 Å². The molecule has 17 heavy (non-hydrogen) atoms. The summed E-state index contributed by atoms with van der Waals surface area (Å²) in [6.45, 7) is -0.817. The zero-order valence-corrected chi connectivity index (χ0v) is 10.2. The molecule has 0 aromatic heterocycles. The van der Waals surface area contributed by atoms with Gasteiger partial charge in [0.05, 0.1) is 13.1 Å². The van der Waals surface area contributed by atoms with E-state index in [0.29, 0.717) is 4.32 Å². The fourth-order valence-electron chi connectivity index (χ4n) is 1.32. The first-order chi connectivity index (χ1) is 7.88. The van der Waals surface area contributed by atoms with E-state index in [-0.39, 0.29) is 12.5 Å². The maximum atomic E-state index is 11.4. The number of carbonyl (C=O) groups excluding carboxylic acids is 1. The van der Waals surface area contributed by atoms with Crippen molar-refractivity contribution >= 4 is 46.1 Å². The van der Waals surface area contributed by atoms with Gasteiger partial charge >= 0.3 is 11.9 Å². The van der Waals surface area contributed by atoms with E-state index < -0.39 is 30.3 Å². The summed E-state index contributed by atoms with van der Waals surface area (Å²) in [5.41, 5.74) is 0. The minimum Gasteiger partial charge on any atom is -0.480 e. The summed E-state index contributed by atoms with van der Waals surface area (Å²) < 4.78 is 0.325. The molecule has 1 aliphatic rings. The fourth-order valence-corrected chi connectivity index (χ4v) is 2.63. The predicted octanol–water partition coefficient (Wildman–Crippen LogP) is -1.03. The number of carboxylic acid groups (broad SMARTS) is 2. The number of thioether (sulfide) groups is 1. The van der Waals surface area contributed by atoms with Gasteiger partial charge in [-0.15, -0.1) is 0 Å². The quantitative estimate of drug-likeness (QED) is 0.530. The second-order valence-electron chi connectivity index (χ2n) is 3.34. The smallest absolute Gasteiger partial charge is 0.317 e. The van der Waals surface area contributed by atoms with Crippen LogP contribution in [0.4, 0.5) is 0 Å². The van der Waals surface area contributed by atoms with Gasteiger partial charge in [0.2, 0.25) is 5.91 Å². The molecule has 7 nitrogen and oxygen atoms in total. The molecule has 0 aromatic carbocycles. The number of rotatable bonds is 6. The zero-order chi connectivity index (χ0) is 13.0. The average molecular weight is 278 g/mol. The maximum absolute atomic E-state index is 11.4. The van der Waals surface area contributed by atoms with Gasteiger partial charge in [-0.2, -0.15) is 0 Å². The highest BCUT2D eigenvalue weighted by Gasteiger charge is 2.31. The number of carbonyl (C=O) groups is 3. The van der Waals surface area contributed by atoms with E-state index in [2.05, 4.69) is 5.32 Å². The molecule has 1 atom stereocenters. The number of thiocarbonyl (C=S) groups is 1. The van der Waals surface area contributed by atoms with Crippen LogP contribution in [0, 0.1) is 0 Å². The number of nitrogens with zero attached hydrogens (tertiary/aromatic N) is 1. The topological polar surface area (TPSA) is 107 Å². The Hall–Kier alpha value is -1.19. The highest BCUT2D eigenvalue weighted by atomic mass is 32.2. The van der Waals surface area contributed by atoms with Crippen molar-refractivity contribution in [2.45, 2.75) is 5.25 Å². The van der Waals surface area contributed by atoms with Gasteiger partial charge in [-0.05, 0) is 0 Å². The first kappa shape index (κ1) is 13.9. The van der Waals surface area contributed by atoms with Gasteiger partial charge in [-0.25, -0.2) is 0 Å². The van der Waals surface area contributed by atoms with Crippen LogP contribution in [-0.2, 0) is 14.4 Å². The van der Waals surface area contributed by atoms with Crippen molar-refractivity contribution < 1.29 is 24.6 Å². The third-order valence-corrected chi connectivity index (χ3v) is 3.26. The molecule has 3 N–H and O–H groups in total. The molecule has 1 heterocycles. The summed E-state index contributed by atoms with van der Waals surface area (Å²) >= 11 is 5.88. The Labute approximate surface area is 106 Å². The Morgan fingerprint density at radius 1 is 1.35 bits per heavy atom. The SMILES string of the molecule is O=C(O)CN(CC(=O)O)CC1SC(=S)NC1=O. The van der Waals surface area contributed by atoms with E-state index in [9.17, 15) is 14.4 Å². The van der Waals surface area contributed by atoms with Crippen molar-refractivity contribution in [1.82, 2.24) is 10.2 Å². The Morgan fingerprint density at radius 2 is 1.88 bits per heavy atom. The third-order valence-electron chi connectivity index (χ3n) is 1.91. The lowest BCUT2D eigenvalue weighted by Gasteiger charge is -2.19. The van der Waals surface area contributed by atoms with Crippen LogP contribution in [0.25, 0.3) is 0 Å². The Morgan fingerprint density at radius 3 is 2.24 bits per heavy atom. The minimum absolute atomic E-state index is 0.0369. The Balaban J connectivity index is 2.58. The van der Waals surface area contributed by atoms with E-state index in [1.165, 1.54) is 4.90 Å². The molecule has 94 valence electrons. The number of hydrogen-bond donors (Lipinski definition) is 3. The Bertz CT molecular complexity index is 357. The lowest BCUT2D eigenvalue weighted by molar-refractivity contribution is -0.142. The van der Waals surface area contributed by atoms with Crippen LogP contribution in [0.2, 0.25) is 0 Å². The van der Waals surface area contributed by atoms with Gasteiger partial charge < -0.3 is 15.5 Å². The first-order valence-electron chi connectivity index (χ1n) is 4.56. The van der Waals surface area contributed by atoms with E-state index >= 15 is 0 Å². The van der Waals surface area contributed by atoms with E-state index in [0.717, 1.165) is 11.8 Å². The largest absolute Gasteiger partial charge is 0.480 e. The van der Waals surface area contributed by atoms with Crippen LogP contribution in [0.1, 0.15) is 0 Å². The summed E-state index contributed by atoms with van der Waals surface area (Å²) in [7, 11) is 0. The molecule has 0 saturated carbocycles. The van der Waals surface area contributed by atoms with Crippen molar-refractivity contribution in [3.8, 4) is 0 Å². The summed E-state index contributed by atoms with van der Waals surface area (Å²) in [6, 6.07) is 0. The molecule has 9 heteroatoms.